The highest BCUT2D eigenvalue weighted by Crippen LogP contribution is 2.21. The van der Waals surface area contributed by atoms with Gasteiger partial charge in [-0.25, -0.2) is 4.99 Å². The summed E-state index contributed by atoms with van der Waals surface area (Å²) in [5, 5.41) is 16.1. The fourth-order valence-corrected chi connectivity index (χ4v) is 2.88. The number of aliphatic hydroxyl groups excluding tert-OH is 1. The number of benzene rings is 2. The predicted octanol–water partition coefficient (Wildman–Crippen LogP) is 3.78. The Morgan fingerprint density at radius 3 is 2.50 bits per heavy atom. The van der Waals surface area contributed by atoms with Crippen LogP contribution in [-0.4, -0.2) is 37.9 Å². The highest BCUT2D eigenvalue weighted by molar-refractivity contribution is 14.0. The first kappa shape index (κ1) is 26.2. The van der Waals surface area contributed by atoms with Crippen LogP contribution in [0.4, 0.5) is 0 Å². The molecule has 0 aliphatic carbocycles. The zero-order chi connectivity index (χ0) is 20.9. The Balaban J connectivity index is 0.00000450. The Hall–Kier alpha value is -1.84. The number of aryl methyl sites for hydroxylation is 1. The second kappa shape index (κ2) is 15.0. The van der Waals surface area contributed by atoms with E-state index in [1.807, 2.05) is 31.2 Å². The summed E-state index contributed by atoms with van der Waals surface area (Å²) in [5.74, 6) is 1.59. The van der Waals surface area contributed by atoms with Gasteiger partial charge in [0, 0.05) is 38.8 Å². The molecule has 0 fully saturated rings. The van der Waals surface area contributed by atoms with Crippen molar-refractivity contribution in [2.24, 2.45) is 4.99 Å². The Morgan fingerprint density at radius 1 is 1.03 bits per heavy atom. The summed E-state index contributed by atoms with van der Waals surface area (Å²) in [4.78, 5) is 4.72. The Bertz CT molecular complexity index is 784. The van der Waals surface area contributed by atoms with Crippen LogP contribution in [0.1, 0.15) is 35.6 Å². The highest BCUT2D eigenvalue weighted by Gasteiger charge is 2.06. The minimum absolute atomic E-state index is 0. The molecule has 0 aliphatic rings. The number of aliphatic imine (C=N–C) groups is 1. The van der Waals surface area contributed by atoms with E-state index in [1.54, 1.807) is 7.11 Å². The molecule has 7 heteroatoms. The largest absolute Gasteiger partial charge is 0.493 e. The van der Waals surface area contributed by atoms with Gasteiger partial charge < -0.3 is 25.2 Å². The number of rotatable bonds is 11. The lowest BCUT2D eigenvalue weighted by molar-refractivity contribution is 0.172. The first-order chi connectivity index (χ1) is 14.2. The second-order valence-corrected chi connectivity index (χ2v) is 6.78. The van der Waals surface area contributed by atoms with Gasteiger partial charge in [-0.3, -0.25) is 0 Å². The van der Waals surface area contributed by atoms with E-state index >= 15 is 0 Å². The maximum atomic E-state index is 9.50. The molecule has 0 radical (unpaired) electrons. The Kier molecular flexibility index (Phi) is 13.1. The average Bonchev–Trinajstić information content (AvgIpc) is 2.74. The van der Waals surface area contributed by atoms with Gasteiger partial charge in [0.15, 0.2) is 5.96 Å². The predicted molar refractivity (Wildman–Crippen MR) is 133 cm³/mol. The number of hydrogen-bond donors (Lipinski definition) is 3. The Morgan fingerprint density at radius 2 is 1.80 bits per heavy atom. The Labute approximate surface area is 197 Å². The summed E-state index contributed by atoms with van der Waals surface area (Å²) in [6, 6.07) is 14.0. The molecule has 6 nitrogen and oxygen atoms in total. The number of ether oxygens (including phenoxy) is 2. The van der Waals surface area contributed by atoms with Crippen molar-refractivity contribution >= 4 is 29.9 Å². The minimum Gasteiger partial charge on any atom is -0.493 e. The van der Waals surface area contributed by atoms with Crippen molar-refractivity contribution in [2.45, 2.75) is 40.0 Å². The van der Waals surface area contributed by atoms with Gasteiger partial charge in [0.1, 0.15) is 5.75 Å². The van der Waals surface area contributed by atoms with Crippen LogP contribution in [-0.2, 0) is 24.4 Å². The number of methoxy groups -OCH3 is 1. The topological polar surface area (TPSA) is 75.1 Å². The summed E-state index contributed by atoms with van der Waals surface area (Å²) >= 11 is 0. The maximum absolute atomic E-state index is 9.50. The van der Waals surface area contributed by atoms with Gasteiger partial charge in [0.05, 0.1) is 19.8 Å². The quantitative estimate of drug-likeness (QED) is 0.180. The minimum atomic E-state index is 0. The van der Waals surface area contributed by atoms with E-state index < -0.39 is 0 Å². The molecule has 0 spiro atoms. The molecule has 0 unspecified atom stereocenters. The van der Waals surface area contributed by atoms with Crippen LogP contribution in [0.2, 0.25) is 0 Å². The number of nitrogens with zero attached hydrogens (tertiary/aromatic N) is 1. The molecule has 0 heterocycles. The lowest BCUT2D eigenvalue weighted by atomic mass is 10.1. The zero-order valence-electron chi connectivity index (χ0n) is 18.1. The number of nitrogens with one attached hydrogen (secondary N) is 2. The number of guanidine groups is 1. The van der Waals surface area contributed by atoms with Gasteiger partial charge in [0.2, 0.25) is 0 Å². The SMILES string of the molecule is CCNC(=NCc1ccc(C)cc1OCCCOC)NCc1ccccc1CO.I. The van der Waals surface area contributed by atoms with E-state index in [1.165, 1.54) is 0 Å². The van der Waals surface area contributed by atoms with Crippen LogP contribution in [0, 0.1) is 6.92 Å². The van der Waals surface area contributed by atoms with Crippen molar-refractivity contribution in [1.29, 1.82) is 0 Å². The highest BCUT2D eigenvalue weighted by atomic mass is 127. The molecule has 0 aliphatic heterocycles. The third-order valence-corrected chi connectivity index (χ3v) is 4.46. The third-order valence-electron chi connectivity index (χ3n) is 4.46. The first-order valence-corrected chi connectivity index (χ1v) is 10.1. The van der Waals surface area contributed by atoms with Crippen molar-refractivity contribution in [3.8, 4) is 5.75 Å². The molecular weight excluding hydrogens is 493 g/mol. The molecule has 2 aromatic rings. The molecule has 0 aromatic heterocycles. The van der Waals surface area contributed by atoms with Gasteiger partial charge in [-0.15, -0.1) is 24.0 Å². The van der Waals surface area contributed by atoms with Gasteiger partial charge in [-0.1, -0.05) is 36.4 Å². The van der Waals surface area contributed by atoms with Crippen molar-refractivity contribution in [3.63, 3.8) is 0 Å². The molecule has 3 N–H and O–H groups in total. The van der Waals surface area contributed by atoms with E-state index in [4.69, 9.17) is 14.5 Å². The van der Waals surface area contributed by atoms with Crippen molar-refractivity contribution < 1.29 is 14.6 Å². The monoisotopic (exact) mass is 527 g/mol. The summed E-state index contributed by atoms with van der Waals surface area (Å²) in [5.41, 5.74) is 4.17. The van der Waals surface area contributed by atoms with E-state index in [2.05, 4.69) is 35.8 Å². The molecule has 0 saturated carbocycles. The summed E-state index contributed by atoms with van der Waals surface area (Å²) in [6.45, 7) is 7.29. The van der Waals surface area contributed by atoms with Gasteiger partial charge in [0.25, 0.3) is 0 Å². The van der Waals surface area contributed by atoms with Gasteiger partial charge in [-0.05, 0) is 36.6 Å². The first-order valence-electron chi connectivity index (χ1n) is 10.1. The lowest BCUT2D eigenvalue weighted by Gasteiger charge is -2.14. The van der Waals surface area contributed by atoms with Gasteiger partial charge in [-0.2, -0.15) is 0 Å². The number of halogens is 1. The molecule has 0 saturated heterocycles. The normalized spacial score (nSPS) is 11.0. The lowest BCUT2D eigenvalue weighted by Crippen LogP contribution is -2.37. The van der Waals surface area contributed by atoms with Crippen molar-refractivity contribution in [2.75, 3.05) is 26.9 Å². The average molecular weight is 527 g/mol. The van der Waals surface area contributed by atoms with E-state index in [9.17, 15) is 5.11 Å². The molecular formula is C23H34IN3O3. The zero-order valence-corrected chi connectivity index (χ0v) is 20.4. The fourth-order valence-electron chi connectivity index (χ4n) is 2.88. The molecule has 0 bridgehead atoms. The van der Waals surface area contributed by atoms with E-state index in [0.717, 1.165) is 46.9 Å². The molecule has 30 heavy (non-hydrogen) atoms. The summed E-state index contributed by atoms with van der Waals surface area (Å²) < 4.78 is 11.0. The molecule has 0 amide bonds. The molecule has 2 aromatic carbocycles. The van der Waals surface area contributed by atoms with Crippen LogP contribution >= 0.6 is 24.0 Å². The fraction of sp³-hybridized carbons (Fsp3) is 0.435. The molecule has 0 atom stereocenters. The van der Waals surface area contributed by atoms with Crippen LogP contribution in [0.3, 0.4) is 0 Å². The van der Waals surface area contributed by atoms with Crippen molar-refractivity contribution in [1.82, 2.24) is 10.6 Å². The summed E-state index contributed by atoms with van der Waals surface area (Å²) in [6.07, 6.45) is 0.849. The van der Waals surface area contributed by atoms with Crippen LogP contribution < -0.4 is 15.4 Å². The standard InChI is InChI=1S/C23H33N3O3.HI/c1-4-24-23(25-15-19-8-5-6-9-21(19)17-27)26-16-20-11-10-18(2)14-22(20)29-13-7-12-28-3;/h5-6,8-11,14,27H,4,7,12-13,15-17H2,1-3H3,(H2,24,25,26);1H. The second-order valence-electron chi connectivity index (χ2n) is 6.78. The third kappa shape index (κ3) is 8.89. The van der Waals surface area contributed by atoms with Crippen LogP contribution in [0.25, 0.3) is 0 Å². The summed E-state index contributed by atoms with van der Waals surface area (Å²) in [7, 11) is 1.70. The van der Waals surface area contributed by atoms with Gasteiger partial charge >= 0.3 is 0 Å². The smallest absolute Gasteiger partial charge is 0.191 e. The van der Waals surface area contributed by atoms with E-state index in [0.29, 0.717) is 26.3 Å². The molecule has 2 rings (SSSR count). The van der Waals surface area contributed by atoms with Crippen molar-refractivity contribution in [3.05, 3.63) is 64.7 Å². The maximum Gasteiger partial charge on any atom is 0.191 e. The van der Waals surface area contributed by atoms with Crippen LogP contribution in [0.15, 0.2) is 47.5 Å². The molecule has 166 valence electrons. The number of hydrogen-bond acceptors (Lipinski definition) is 4. The number of aliphatic hydroxyl groups is 1. The van der Waals surface area contributed by atoms with Crippen LogP contribution in [0.5, 0.6) is 5.75 Å². The van der Waals surface area contributed by atoms with E-state index in [-0.39, 0.29) is 30.6 Å².